The first-order chi connectivity index (χ1) is 13.6. The van der Waals surface area contributed by atoms with E-state index in [9.17, 15) is 14.4 Å². The van der Waals surface area contributed by atoms with E-state index < -0.39 is 30.5 Å². The van der Waals surface area contributed by atoms with Gasteiger partial charge in [-0.1, -0.05) is 18.2 Å². The van der Waals surface area contributed by atoms with Crippen LogP contribution in [0.25, 0.3) is 11.0 Å². The summed E-state index contributed by atoms with van der Waals surface area (Å²) in [5.41, 5.74) is 2.26. The number of hydrogen-bond donors (Lipinski definition) is 2. The number of esters is 1. The van der Waals surface area contributed by atoms with Gasteiger partial charge in [0.25, 0.3) is 11.8 Å². The molecule has 2 N–H and O–H groups in total. The molecule has 2 aromatic carbocycles. The number of benzene rings is 2. The van der Waals surface area contributed by atoms with Crippen molar-refractivity contribution in [3.05, 3.63) is 42.5 Å². The molecule has 1 atom stereocenters. The predicted molar refractivity (Wildman–Crippen MR) is 101 cm³/mol. The van der Waals surface area contributed by atoms with Crippen LogP contribution in [0.2, 0.25) is 0 Å². The van der Waals surface area contributed by atoms with Gasteiger partial charge in [0.05, 0.1) is 29.5 Å². The summed E-state index contributed by atoms with van der Waals surface area (Å²) in [4.78, 5) is 36.1. The van der Waals surface area contributed by atoms with E-state index in [1.165, 1.54) is 0 Å². The molecule has 0 unspecified atom stereocenters. The van der Waals surface area contributed by atoms with E-state index in [0.717, 1.165) is 11.7 Å². The molecule has 1 aliphatic rings. The number of ether oxygens (including phenoxy) is 2. The summed E-state index contributed by atoms with van der Waals surface area (Å²) < 4.78 is 18.7. The van der Waals surface area contributed by atoms with E-state index in [0.29, 0.717) is 28.2 Å². The summed E-state index contributed by atoms with van der Waals surface area (Å²) >= 11 is 1.04. The summed E-state index contributed by atoms with van der Waals surface area (Å²) in [6.07, 6.45) is -1.32. The Hall–Kier alpha value is -3.53. The van der Waals surface area contributed by atoms with Gasteiger partial charge in [0.1, 0.15) is 16.8 Å². The van der Waals surface area contributed by atoms with Crippen LogP contribution in [0.1, 0.15) is 6.42 Å². The summed E-state index contributed by atoms with van der Waals surface area (Å²) in [5, 5.41) is 5.29. The summed E-state index contributed by atoms with van der Waals surface area (Å²) in [6.45, 7) is -0.488. The number of amides is 2. The molecule has 3 aromatic rings. The van der Waals surface area contributed by atoms with Crippen molar-refractivity contribution < 1.29 is 23.9 Å². The summed E-state index contributed by atoms with van der Waals surface area (Å²) in [5.74, 6) is -1.21. The number of fused-ring (bicyclic) bond motifs is 2. The third kappa shape index (κ3) is 3.76. The lowest BCUT2D eigenvalue weighted by atomic mass is 10.1. The van der Waals surface area contributed by atoms with Crippen molar-refractivity contribution in [1.82, 2.24) is 8.75 Å². The highest BCUT2D eigenvalue weighted by molar-refractivity contribution is 7.00. The zero-order valence-electron chi connectivity index (χ0n) is 14.4. The molecule has 0 saturated carbocycles. The van der Waals surface area contributed by atoms with Crippen LogP contribution in [0.4, 0.5) is 11.4 Å². The average molecular weight is 398 g/mol. The van der Waals surface area contributed by atoms with Crippen LogP contribution >= 0.6 is 11.7 Å². The number of carbonyl (C=O) groups is 3. The minimum absolute atomic E-state index is 0.307. The van der Waals surface area contributed by atoms with Gasteiger partial charge < -0.3 is 20.1 Å². The van der Waals surface area contributed by atoms with Gasteiger partial charge in [0.2, 0.25) is 0 Å². The number of aromatic nitrogens is 2. The van der Waals surface area contributed by atoms with Gasteiger partial charge in [-0.15, -0.1) is 0 Å². The number of nitrogens with one attached hydrogen (secondary N) is 2. The van der Waals surface area contributed by atoms with Crippen molar-refractivity contribution >= 4 is 51.9 Å². The third-order valence-electron chi connectivity index (χ3n) is 3.98. The first kappa shape index (κ1) is 17.9. The molecule has 0 saturated heterocycles. The van der Waals surface area contributed by atoms with Gasteiger partial charge in [0.15, 0.2) is 12.7 Å². The molecule has 1 aliphatic heterocycles. The van der Waals surface area contributed by atoms with Crippen LogP contribution in [0.3, 0.4) is 0 Å². The molecule has 28 heavy (non-hydrogen) atoms. The molecule has 9 nitrogen and oxygen atoms in total. The fraction of sp³-hybridized carbons (Fsp3) is 0.167. The Morgan fingerprint density at radius 1 is 1.18 bits per heavy atom. The Morgan fingerprint density at radius 3 is 2.93 bits per heavy atom. The summed E-state index contributed by atoms with van der Waals surface area (Å²) in [6, 6.07) is 12.1. The Bertz CT molecular complexity index is 1070. The van der Waals surface area contributed by atoms with Crippen LogP contribution < -0.4 is 15.4 Å². The lowest BCUT2D eigenvalue weighted by molar-refractivity contribution is -0.150. The van der Waals surface area contributed by atoms with E-state index in [4.69, 9.17) is 9.47 Å². The molecule has 0 spiro atoms. The molecule has 2 heterocycles. The van der Waals surface area contributed by atoms with E-state index in [1.807, 2.05) is 0 Å². The van der Waals surface area contributed by atoms with Gasteiger partial charge in [-0.05, 0) is 24.3 Å². The normalized spacial score (nSPS) is 15.3. The molecule has 0 radical (unpaired) electrons. The number of rotatable bonds is 5. The largest absolute Gasteiger partial charge is 0.478 e. The quantitative estimate of drug-likeness (QED) is 0.631. The molecule has 0 bridgehead atoms. The molecular weight excluding hydrogens is 384 g/mol. The maximum absolute atomic E-state index is 12.1. The monoisotopic (exact) mass is 398 g/mol. The van der Waals surface area contributed by atoms with E-state index in [1.54, 1.807) is 42.5 Å². The third-order valence-corrected chi connectivity index (χ3v) is 4.53. The minimum atomic E-state index is -1.01. The van der Waals surface area contributed by atoms with Crippen LogP contribution in [0.15, 0.2) is 42.5 Å². The minimum Gasteiger partial charge on any atom is -0.478 e. The van der Waals surface area contributed by atoms with Crippen LogP contribution in [-0.2, 0) is 19.1 Å². The average Bonchev–Trinajstić information content (AvgIpc) is 3.17. The summed E-state index contributed by atoms with van der Waals surface area (Å²) in [7, 11) is 0. The van der Waals surface area contributed by atoms with Crippen molar-refractivity contribution in [2.75, 3.05) is 17.2 Å². The van der Waals surface area contributed by atoms with Crippen molar-refractivity contribution in [1.29, 1.82) is 0 Å². The smallest absolute Gasteiger partial charge is 0.310 e. The maximum atomic E-state index is 12.1. The first-order valence-electron chi connectivity index (χ1n) is 8.33. The topological polar surface area (TPSA) is 120 Å². The zero-order valence-corrected chi connectivity index (χ0v) is 15.2. The second-order valence-corrected chi connectivity index (χ2v) is 6.47. The first-order valence-corrected chi connectivity index (χ1v) is 9.06. The van der Waals surface area contributed by atoms with Gasteiger partial charge >= 0.3 is 5.97 Å². The van der Waals surface area contributed by atoms with Crippen LogP contribution in [-0.4, -0.2) is 39.2 Å². The van der Waals surface area contributed by atoms with Crippen LogP contribution in [0, 0.1) is 0 Å². The fourth-order valence-electron chi connectivity index (χ4n) is 2.68. The Labute approximate surface area is 163 Å². The Morgan fingerprint density at radius 2 is 2.04 bits per heavy atom. The second-order valence-electron chi connectivity index (χ2n) is 5.94. The van der Waals surface area contributed by atoms with E-state index in [-0.39, 0.29) is 6.42 Å². The molecule has 0 fully saturated rings. The number of para-hydroxylation sites is 2. The maximum Gasteiger partial charge on any atom is 0.310 e. The highest BCUT2D eigenvalue weighted by atomic mass is 32.1. The highest BCUT2D eigenvalue weighted by Gasteiger charge is 2.30. The van der Waals surface area contributed by atoms with Gasteiger partial charge in [-0.2, -0.15) is 8.75 Å². The molecule has 142 valence electrons. The molecule has 2 amide bonds. The van der Waals surface area contributed by atoms with Crippen molar-refractivity contribution in [2.24, 2.45) is 0 Å². The van der Waals surface area contributed by atoms with Gasteiger partial charge in [0, 0.05) is 0 Å². The van der Waals surface area contributed by atoms with Gasteiger partial charge in [-0.3, -0.25) is 14.4 Å². The molecule has 0 aliphatic carbocycles. The SMILES string of the molecule is O=C(COC(=O)C[C@H]1Oc2ccccc2NC1=O)Nc1cccc2nsnc12. The number of carbonyl (C=O) groups excluding carboxylic acids is 3. The number of nitrogens with zero attached hydrogens (tertiary/aromatic N) is 2. The molecule has 4 rings (SSSR count). The Kier molecular flexibility index (Phi) is 4.85. The van der Waals surface area contributed by atoms with E-state index in [2.05, 4.69) is 19.4 Å². The molecule has 10 heteroatoms. The molecule has 1 aromatic heterocycles. The van der Waals surface area contributed by atoms with Crippen molar-refractivity contribution in [2.45, 2.75) is 12.5 Å². The number of hydrogen-bond acceptors (Lipinski definition) is 8. The van der Waals surface area contributed by atoms with Crippen molar-refractivity contribution in [3.8, 4) is 5.75 Å². The van der Waals surface area contributed by atoms with Gasteiger partial charge in [-0.25, -0.2) is 0 Å². The Balaban J connectivity index is 1.30. The lowest BCUT2D eigenvalue weighted by Gasteiger charge is -2.25. The standard InChI is InChI=1S/C18H14N4O5S/c23-15(19-11-5-3-6-12-17(11)22-28-21-12)9-26-16(24)8-14-18(25)20-10-4-1-2-7-13(10)27-14/h1-7,14H,8-9H2,(H,19,23)(H,20,25)/t14-/m1/s1. The number of anilines is 2. The van der Waals surface area contributed by atoms with Crippen molar-refractivity contribution in [3.63, 3.8) is 0 Å². The lowest BCUT2D eigenvalue weighted by Crippen LogP contribution is -2.39. The zero-order chi connectivity index (χ0) is 19.5. The molecular formula is C18H14N4O5S. The predicted octanol–water partition coefficient (Wildman–Crippen LogP) is 1.96. The van der Waals surface area contributed by atoms with E-state index >= 15 is 0 Å². The second kappa shape index (κ2) is 7.61. The van der Waals surface area contributed by atoms with Crippen LogP contribution in [0.5, 0.6) is 5.75 Å². The fourth-order valence-corrected chi connectivity index (χ4v) is 3.23. The highest BCUT2D eigenvalue weighted by Crippen LogP contribution is 2.29.